The highest BCUT2D eigenvalue weighted by atomic mass is 79.9. The van der Waals surface area contributed by atoms with Crippen LogP contribution in [0.25, 0.3) is 5.69 Å². The van der Waals surface area contributed by atoms with Crippen LogP contribution in [0.1, 0.15) is 33.8 Å². The molecule has 11 heteroatoms. The third-order valence-electron chi connectivity index (χ3n) is 5.36. The van der Waals surface area contributed by atoms with Crippen LogP contribution in [-0.4, -0.2) is 42.5 Å². The lowest BCUT2D eigenvalue weighted by molar-refractivity contribution is -0.123. The molecule has 0 aliphatic rings. The summed E-state index contributed by atoms with van der Waals surface area (Å²) < 4.78 is 18.6. The molecule has 2 aromatic heterocycles. The average Bonchev–Trinajstić information content (AvgIpc) is 3.13. The van der Waals surface area contributed by atoms with Crippen LogP contribution in [0, 0.1) is 32.1 Å². The van der Waals surface area contributed by atoms with Gasteiger partial charge >= 0.3 is 0 Å². The first-order valence-electron chi connectivity index (χ1n) is 10.8. The highest BCUT2D eigenvalue weighted by Gasteiger charge is 2.18. The monoisotopic (exact) mass is 573 g/mol. The maximum atomic E-state index is 12.3. The van der Waals surface area contributed by atoms with Crippen molar-refractivity contribution in [2.45, 2.75) is 27.4 Å². The Balaban J connectivity index is 1.70. The zero-order valence-corrected chi connectivity index (χ0v) is 22.8. The maximum Gasteiger partial charge on any atom is 0.278 e. The third-order valence-corrected chi connectivity index (χ3v) is 6.71. The van der Waals surface area contributed by atoms with Gasteiger partial charge in [-0.05, 0) is 61.0 Å². The van der Waals surface area contributed by atoms with Gasteiger partial charge in [0, 0.05) is 39.8 Å². The van der Waals surface area contributed by atoms with Crippen LogP contribution in [-0.2, 0) is 16.1 Å². The molecule has 2 heterocycles. The van der Waals surface area contributed by atoms with E-state index < -0.39 is 5.91 Å². The minimum atomic E-state index is -0.499. The summed E-state index contributed by atoms with van der Waals surface area (Å²) in [6.07, 6.45) is 1.56. The Hall–Kier alpha value is -3.39. The van der Waals surface area contributed by atoms with E-state index in [9.17, 15) is 10.1 Å². The molecule has 188 valence electrons. The summed E-state index contributed by atoms with van der Waals surface area (Å²) in [5, 5.41) is 14.1. The predicted octanol–water partition coefficient (Wildman–Crippen LogP) is 4.77. The second-order valence-corrected chi connectivity index (χ2v) is 8.98. The second kappa shape index (κ2) is 12.0. The number of rotatable bonds is 9. The number of nitrogens with one attached hydrogen (secondary N) is 1. The zero-order chi connectivity index (χ0) is 26.4. The van der Waals surface area contributed by atoms with Crippen molar-refractivity contribution in [3.8, 4) is 23.4 Å². The minimum Gasteiger partial charge on any atom is -0.495 e. The van der Waals surface area contributed by atoms with Gasteiger partial charge in [-0.3, -0.25) is 4.79 Å². The number of pyridine rings is 1. The van der Waals surface area contributed by atoms with Gasteiger partial charge in [-0.1, -0.05) is 11.6 Å². The number of carbonyl (C=O) groups is 1. The number of carbonyl (C=O) groups excluding carboxylic acids is 1. The first kappa shape index (κ1) is 27.2. The Kier molecular flexibility index (Phi) is 9.09. The van der Waals surface area contributed by atoms with E-state index in [-0.39, 0.29) is 24.7 Å². The Morgan fingerprint density at radius 1 is 1.31 bits per heavy atom. The highest BCUT2D eigenvalue weighted by Crippen LogP contribution is 2.30. The molecule has 0 atom stereocenters. The zero-order valence-electron chi connectivity index (χ0n) is 20.5. The van der Waals surface area contributed by atoms with Crippen molar-refractivity contribution in [3.05, 3.63) is 67.5 Å². The lowest BCUT2D eigenvalue weighted by Gasteiger charge is -2.13. The average molecular weight is 575 g/mol. The van der Waals surface area contributed by atoms with E-state index in [0.717, 1.165) is 22.6 Å². The molecule has 1 N–H and O–H groups in total. The number of benzene rings is 1. The van der Waals surface area contributed by atoms with Gasteiger partial charge in [0.1, 0.15) is 17.4 Å². The van der Waals surface area contributed by atoms with Gasteiger partial charge < -0.3 is 18.8 Å². The predicted molar refractivity (Wildman–Crippen MR) is 140 cm³/mol. The lowest BCUT2D eigenvalue weighted by atomic mass is 10.1. The molecule has 0 radical (unpaired) electrons. The quantitative estimate of drug-likeness (QED) is 0.291. The van der Waals surface area contributed by atoms with Crippen LogP contribution in [0.5, 0.6) is 11.6 Å². The first-order valence-corrected chi connectivity index (χ1v) is 11.9. The number of aryl methyl sites for hydroxylation is 2. The molecule has 0 unspecified atom stereocenters. The van der Waals surface area contributed by atoms with E-state index >= 15 is 0 Å². The summed E-state index contributed by atoms with van der Waals surface area (Å²) in [5.41, 5.74) is 7.45. The van der Waals surface area contributed by atoms with Gasteiger partial charge in [-0.25, -0.2) is 10.4 Å². The summed E-state index contributed by atoms with van der Waals surface area (Å²) in [6, 6.07) is 9.56. The molecule has 0 aliphatic heterocycles. The number of amides is 1. The normalized spacial score (nSPS) is 10.9. The molecule has 0 saturated heterocycles. The Labute approximate surface area is 222 Å². The van der Waals surface area contributed by atoms with E-state index in [1.165, 1.54) is 7.11 Å². The number of nitrogens with zero attached hydrogens (tertiary/aromatic N) is 4. The molecule has 0 aliphatic carbocycles. The molecule has 0 saturated carbocycles. The number of hydrazone groups is 1. The number of hydrogen-bond donors (Lipinski definition) is 1. The number of halogens is 2. The summed E-state index contributed by atoms with van der Waals surface area (Å²) in [5.74, 6) is 0.160. The van der Waals surface area contributed by atoms with Gasteiger partial charge in [0.25, 0.3) is 5.91 Å². The molecule has 9 nitrogen and oxygen atoms in total. The largest absolute Gasteiger partial charge is 0.495 e. The fourth-order valence-electron chi connectivity index (χ4n) is 3.66. The highest BCUT2D eigenvalue weighted by molar-refractivity contribution is 9.10. The topological polar surface area (TPSA) is 111 Å². The maximum absolute atomic E-state index is 12.3. The van der Waals surface area contributed by atoms with Gasteiger partial charge in [-0.15, -0.1) is 0 Å². The fourth-order valence-corrected chi connectivity index (χ4v) is 4.32. The SMILES string of the molecule is COCc1c(Br)c(C)nc(OCC(=O)N/N=C\c2cc(C)n(-c3ccc(OC)c(Cl)c3)c2C)c1C#N. The molecular weight excluding hydrogens is 550 g/mol. The summed E-state index contributed by atoms with van der Waals surface area (Å²) in [7, 11) is 3.09. The van der Waals surface area contributed by atoms with Crippen LogP contribution in [0.15, 0.2) is 33.8 Å². The summed E-state index contributed by atoms with van der Waals surface area (Å²) in [6.45, 7) is 5.50. The number of nitriles is 1. The number of hydrogen-bond acceptors (Lipinski definition) is 7. The molecule has 0 bridgehead atoms. The molecule has 0 fully saturated rings. The standard InChI is InChI=1S/C25H25BrClN5O4/c1-14-8-17(16(3)32(14)18-6-7-22(35-5)21(27)9-18)11-29-31-23(33)13-36-25-19(10-28)20(12-34-4)24(26)15(2)30-25/h6-9,11H,12-13H2,1-5H3,(H,31,33)/b29-11-. The van der Waals surface area contributed by atoms with Crippen molar-refractivity contribution in [3.63, 3.8) is 0 Å². The van der Waals surface area contributed by atoms with Crippen LogP contribution < -0.4 is 14.9 Å². The minimum absolute atomic E-state index is 0.0612. The van der Waals surface area contributed by atoms with E-state index in [0.29, 0.717) is 26.5 Å². The Morgan fingerprint density at radius 3 is 2.69 bits per heavy atom. The van der Waals surface area contributed by atoms with Crippen molar-refractivity contribution in [1.29, 1.82) is 5.26 Å². The van der Waals surface area contributed by atoms with Gasteiger partial charge in [0.05, 0.1) is 30.6 Å². The van der Waals surface area contributed by atoms with E-state index in [1.807, 2.05) is 42.7 Å². The summed E-state index contributed by atoms with van der Waals surface area (Å²) >= 11 is 9.71. The van der Waals surface area contributed by atoms with Crippen LogP contribution >= 0.6 is 27.5 Å². The van der Waals surface area contributed by atoms with Gasteiger partial charge in [0.2, 0.25) is 5.88 Å². The van der Waals surface area contributed by atoms with Crippen LogP contribution in [0.4, 0.5) is 0 Å². The van der Waals surface area contributed by atoms with Crippen LogP contribution in [0.2, 0.25) is 5.02 Å². The molecule has 36 heavy (non-hydrogen) atoms. The van der Waals surface area contributed by atoms with Crippen molar-refractivity contribution in [2.24, 2.45) is 5.10 Å². The molecule has 3 aromatic rings. The van der Waals surface area contributed by atoms with E-state index in [1.54, 1.807) is 20.2 Å². The summed E-state index contributed by atoms with van der Waals surface area (Å²) in [4.78, 5) is 16.6. The molecule has 0 spiro atoms. The lowest BCUT2D eigenvalue weighted by Crippen LogP contribution is -2.25. The van der Waals surface area contributed by atoms with Crippen molar-refractivity contribution in [1.82, 2.24) is 15.0 Å². The first-order chi connectivity index (χ1) is 17.2. The van der Waals surface area contributed by atoms with Gasteiger partial charge in [0.15, 0.2) is 6.61 Å². The molecule has 1 aromatic carbocycles. The van der Waals surface area contributed by atoms with E-state index in [4.69, 9.17) is 25.8 Å². The number of ether oxygens (including phenoxy) is 3. The van der Waals surface area contributed by atoms with Crippen molar-refractivity contribution < 1.29 is 19.0 Å². The van der Waals surface area contributed by atoms with Gasteiger partial charge in [-0.2, -0.15) is 10.4 Å². The molecule has 1 amide bonds. The van der Waals surface area contributed by atoms with E-state index in [2.05, 4.69) is 37.5 Å². The fraction of sp³-hybridized carbons (Fsp3) is 0.280. The Morgan fingerprint density at radius 2 is 2.06 bits per heavy atom. The third kappa shape index (κ3) is 5.87. The van der Waals surface area contributed by atoms with Crippen LogP contribution in [0.3, 0.4) is 0 Å². The molecule has 3 rings (SSSR count). The smallest absolute Gasteiger partial charge is 0.278 e. The van der Waals surface area contributed by atoms with Crippen molar-refractivity contribution in [2.75, 3.05) is 20.8 Å². The number of methoxy groups -OCH3 is 2. The Bertz CT molecular complexity index is 1360. The second-order valence-electron chi connectivity index (χ2n) is 7.78. The molecular formula is C25H25BrClN5O4. The number of aromatic nitrogens is 2. The van der Waals surface area contributed by atoms with Crippen molar-refractivity contribution >= 4 is 39.7 Å².